The molecular formula is C17H31N7O7. The zero-order valence-electron chi connectivity index (χ0n) is 17.5. The number of rotatable bonds is 14. The van der Waals surface area contributed by atoms with Crippen molar-refractivity contribution >= 4 is 35.6 Å². The molecule has 0 fully saturated rings. The molecule has 14 nitrogen and oxygen atoms in total. The number of aliphatic carboxylic acids is 2. The molecule has 11 N–H and O–H groups in total. The summed E-state index contributed by atoms with van der Waals surface area (Å²) in [6.45, 7) is 3.04. The largest absolute Gasteiger partial charge is 0.481 e. The number of amides is 3. The molecule has 0 bridgehead atoms. The number of carboxylic acid groups (broad SMARTS) is 2. The number of nitrogens with two attached hydrogens (primary N) is 3. The monoisotopic (exact) mass is 445 g/mol. The Hall–Kier alpha value is -3.42. The minimum atomic E-state index is -1.65. The molecule has 0 spiro atoms. The summed E-state index contributed by atoms with van der Waals surface area (Å²) in [6.07, 6.45) is -0.0895. The quantitative estimate of drug-likeness (QED) is 0.0749. The lowest BCUT2D eigenvalue weighted by atomic mass is 10.0. The van der Waals surface area contributed by atoms with E-state index in [-0.39, 0.29) is 12.4 Å². The fourth-order valence-corrected chi connectivity index (χ4v) is 2.34. The zero-order valence-corrected chi connectivity index (χ0v) is 17.5. The molecule has 0 aromatic carbocycles. The van der Waals surface area contributed by atoms with Gasteiger partial charge in [-0.3, -0.25) is 24.2 Å². The Kier molecular flexibility index (Phi) is 12.2. The molecule has 0 radical (unpaired) electrons. The number of hydrogen-bond acceptors (Lipinski definition) is 7. The molecule has 0 aliphatic carbocycles. The van der Waals surface area contributed by atoms with Crippen molar-refractivity contribution in [2.75, 3.05) is 13.1 Å². The second kappa shape index (κ2) is 13.7. The third-order valence-electron chi connectivity index (χ3n) is 3.99. The van der Waals surface area contributed by atoms with Gasteiger partial charge in [-0.25, -0.2) is 4.79 Å². The number of hydrogen-bond donors (Lipinski definition) is 8. The van der Waals surface area contributed by atoms with Crippen LogP contribution in [0.4, 0.5) is 0 Å². The van der Waals surface area contributed by atoms with E-state index >= 15 is 0 Å². The number of carbonyl (C=O) groups excluding carboxylic acids is 3. The van der Waals surface area contributed by atoms with E-state index in [4.69, 9.17) is 27.4 Å². The maximum Gasteiger partial charge on any atom is 0.326 e. The molecule has 3 unspecified atom stereocenters. The third-order valence-corrected chi connectivity index (χ3v) is 3.99. The van der Waals surface area contributed by atoms with Crippen molar-refractivity contribution in [2.45, 2.75) is 51.2 Å². The highest BCUT2D eigenvalue weighted by Gasteiger charge is 2.30. The summed E-state index contributed by atoms with van der Waals surface area (Å²) in [4.78, 5) is 62.0. The van der Waals surface area contributed by atoms with E-state index in [2.05, 4.69) is 20.9 Å². The van der Waals surface area contributed by atoms with Gasteiger partial charge in [0.2, 0.25) is 17.7 Å². The van der Waals surface area contributed by atoms with Crippen molar-refractivity contribution < 1.29 is 34.2 Å². The molecule has 0 heterocycles. The summed E-state index contributed by atoms with van der Waals surface area (Å²) in [6, 6.07) is -3.69. The lowest BCUT2D eigenvalue weighted by Crippen LogP contribution is -2.55. The van der Waals surface area contributed by atoms with Crippen LogP contribution < -0.4 is 33.2 Å². The SMILES string of the molecule is CC(C)C(NC(=O)CNC(=O)C(N)CCCN=C(N)N)C(=O)NC(CC(=O)O)C(=O)O. The minimum Gasteiger partial charge on any atom is -0.481 e. The summed E-state index contributed by atoms with van der Waals surface area (Å²) in [5.74, 6) is -5.61. The summed E-state index contributed by atoms with van der Waals surface area (Å²) in [7, 11) is 0. The van der Waals surface area contributed by atoms with Gasteiger partial charge in [0.05, 0.1) is 19.0 Å². The van der Waals surface area contributed by atoms with E-state index in [0.717, 1.165) is 0 Å². The molecule has 0 aliphatic heterocycles. The van der Waals surface area contributed by atoms with E-state index in [1.54, 1.807) is 13.8 Å². The summed E-state index contributed by atoms with van der Waals surface area (Å²) in [5, 5.41) is 24.6. The number of carbonyl (C=O) groups is 5. The smallest absolute Gasteiger partial charge is 0.326 e. The van der Waals surface area contributed by atoms with Crippen molar-refractivity contribution in [2.24, 2.45) is 28.1 Å². The first-order chi connectivity index (χ1) is 14.3. The van der Waals surface area contributed by atoms with E-state index in [9.17, 15) is 24.0 Å². The Morgan fingerprint density at radius 2 is 1.61 bits per heavy atom. The van der Waals surface area contributed by atoms with Gasteiger partial charge in [0.15, 0.2) is 5.96 Å². The second-order valence-electron chi connectivity index (χ2n) is 7.06. The predicted molar refractivity (Wildman–Crippen MR) is 109 cm³/mol. The van der Waals surface area contributed by atoms with Crippen LogP contribution in [0.2, 0.25) is 0 Å². The molecule has 31 heavy (non-hydrogen) atoms. The van der Waals surface area contributed by atoms with Crippen LogP contribution in [0.15, 0.2) is 4.99 Å². The van der Waals surface area contributed by atoms with Crippen LogP contribution >= 0.6 is 0 Å². The van der Waals surface area contributed by atoms with Crippen molar-refractivity contribution in [3.63, 3.8) is 0 Å². The fourth-order valence-electron chi connectivity index (χ4n) is 2.34. The zero-order chi connectivity index (χ0) is 24.1. The second-order valence-corrected chi connectivity index (χ2v) is 7.06. The molecule has 3 amide bonds. The molecular weight excluding hydrogens is 414 g/mol. The van der Waals surface area contributed by atoms with Gasteiger partial charge in [0.25, 0.3) is 0 Å². The lowest BCUT2D eigenvalue weighted by Gasteiger charge is -2.23. The van der Waals surface area contributed by atoms with Gasteiger partial charge >= 0.3 is 11.9 Å². The van der Waals surface area contributed by atoms with Crippen molar-refractivity contribution in [3.05, 3.63) is 0 Å². The van der Waals surface area contributed by atoms with E-state index in [1.165, 1.54) is 0 Å². The maximum atomic E-state index is 12.3. The normalized spacial score (nSPS) is 13.4. The highest BCUT2D eigenvalue weighted by molar-refractivity contribution is 5.93. The standard InChI is InChI=1S/C17H31N7O7/c1-8(2)13(15(29)23-10(16(30)31)6-12(26)27)24-11(25)7-22-14(28)9(18)4-3-5-21-17(19)20/h8-10,13H,3-7,18H2,1-2H3,(H,22,28)(H,23,29)(H,24,25)(H,26,27)(H,30,31)(H4,19,20,21). The van der Waals surface area contributed by atoms with Gasteiger partial charge in [0.1, 0.15) is 12.1 Å². The Morgan fingerprint density at radius 3 is 2.10 bits per heavy atom. The number of aliphatic imine (C=N–C) groups is 1. The molecule has 0 aromatic heterocycles. The Labute approximate surface area is 179 Å². The van der Waals surface area contributed by atoms with Crippen LogP contribution in [0.3, 0.4) is 0 Å². The van der Waals surface area contributed by atoms with Gasteiger partial charge in [-0.15, -0.1) is 0 Å². The summed E-state index contributed by atoms with van der Waals surface area (Å²) in [5.41, 5.74) is 16.1. The van der Waals surface area contributed by atoms with Crippen LogP contribution in [0, 0.1) is 5.92 Å². The van der Waals surface area contributed by atoms with Crippen LogP contribution in [0.1, 0.15) is 33.1 Å². The fraction of sp³-hybridized carbons (Fsp3) is 0.647. The van der Waals surface area contributed by atoms with Gasteiger partial charge in [-0.05, 0) is 18.8 Å². The van der Waals surface area contributed by atoms with Crippen molar-refractivity contribution in [3.8, 4) is 0 Å². The van der Waals surface area contributed by atoms with Gasteiger partial charge in [-0.1, -0.05) is 13.8 Å². The predicted octanol–water partition coefficient (Wildman–Crippen LogP) is -3.33. The van der Waals surface area contributed by atoms with Crippen LogP contribution in [0.5, 0.6) is 0 Å². The van der Waals surface area contributed by atoms with Crippen LogP contribution in [-0.2, 0) is 24.0 Å². The molecule has 0 saturated carbocycles. The summed E-state index contributed by atoms with van der Waals surface area (Å²) < 4.78 is 0. The maximum absolute atomic E-state index is 12.3. The third kappa shape index (κ3) is 12.0. The van der Waals surface area contributed by atoms with E-state index in [1.807, 2.05) is 0 Å². The first-order valence-corrected chi connectivity index (χ1v) is 9.48. The molecule has 0 aliphatic rings. The molecule has 0 saturated heterocycles. The van der Waals surface area contributed by atoms with Gasteiger partial charge < -0.3 is 43.4 Å². The Morgan fingerprint density at radius 1 is 1.00 bits per heavy atom. The Bertz CT molecular complexity index is 692. The Balaban J connectivity index is 4.69. The van der Waals surface area contributed by atoms with Gasteiger partial charge in [-0.2, -0.15) is 0 Å². The highest BCUT2D eigenvalue weighted by atomic mass is 16.4. The lowest BCUT2D eigenvalue weighted by molar-refractivity contribution is -0.147. The van der Waals surface area contributed by atoms with E-state index in [0.29, 0.717) is 13.0 Å². The highest BCUT2D eigenvalue weighted by Crippen LogP contribution is 2.04. The summed E-state index contributed by atoms with van der Waals surface area (Å²) >= 11 is 0. The molecule has 14 heteroatoms. The average Bonchev–Trinajstić information content (AvgIpc) is 2.65. The van der Waals surface area contributed by atoms with Crippen molar-refractivity contribution in [1.29, 1.82) is 0 Å². The number of nitrogens with zero attached hydrogens (tertiary/aromatic N) is 1. The molecule has 0 aromatic rings. The number of carboxylic acids is 2. The topological polar surface area (TPSA) is 252 Å². The first kappa shape index (κ1) is 27.6. The van der Waals surface area contributed by atoms with E-state index < -0.39 is 66.7 Å². The van der Waals surface area contributed by atoms with Crippen LogP contribution in [0.25, 0.3) is 0 Å². The number of nitrogens with one attached hydrogen (secondary N) is 3. The molecule has 3 atom stereocenters. The van der Waals surface area contributed by atoms with Crippen LogP contribution in [-0.4, -0.2) is 77.0 Å². The number of guanidine groups is 1. The average molecular weight is 445 g/mol. The molecule has 176 valence electrons. The molecule has 0 rings (SSSR count). The van der Waals surface area contributed by atoms with Crippen molar-refractivity contribution in [1.82, 2.24) is 16.0 Å². The first-order valence-electron chi connectivity index (χ1n) is 9.48. The van der Waals surface area contributed by atoms with Gasteiger partial charge in [0, 0.05) is 6.54 Å². The minimum absolute atomic E-state index is 0.0731.